The van der Waals surface area contributed by atoms with Gasteiger partial charge in [0.15, 0.2) is 0 Å². The third-order valence-corrected chi connectivity index (χ3v) is 4.39. The van der Waals surface area contributed by atoms with E-state index in [1.807, 2.05) is 6.92 Å². The Morgan fingerprint density at radius 3 is 2.77 bits per heavy atom. The predicted octanol–water partition coefficient (Wildman–Crippen LogP) is 1.46. The van der Waals surface area contributed by atoms with E-state index in [0.29, 0.717) is 31.3 Å². The molecule has 146 valence electrons. The molecule has 8 nitrogen and oxygen atoms in total. The second kappa shape index (κ2) is 10.9. The first-order valence-electron chi connectivity index (χ1n) is 9.16. The van der Waals surface area contributed by atoms with Crippen LogP contribution in [0.25, 0.3) is 0 Å². The van der Waals surface area contributed by atoms with Crippen LogP contribution in [0.15, 0.2) is 18.3 Å². The molecule has 1 saturated heterocycles. The molecule has 1 aromatic heterocycles. The fourth-order valence-electron chi connectivity index (χ4n) is 2.81. The number of rotatable bonds is 9. The zero-order valence-electron chi connectivity index (χ0n) is 15.6. The smallest absolute Gasteiger partial charge is 0.319 e. The molecule has 1 aliphatic heterocycles. The maximum absolute atomic E-state index is 12.1. The molecular formula is C18H30N4O4. The molecule has 1 fully saturated rings. The van der Waals surface area contributed by atoms with Crippen LogP contribution >= 0.6 is 0 Å². The summed E-state index contributed by atoms with van der Waals surface area (Å²) in [6.07, 6.45) is 3.83. The fraction of sp³-hybridized carbons (Fsp3) is 0.667. The number of anilines is 1. The first kappa shape index (κ1) is 20.4. The molecule has 1 aromatic rings. The number of methoxy groups -OCH3 is 1. The number of carbonyl (C=O) groups is 1. The molecule has 1 unspecified atom stereocenters. The van der Waals surface area contributed by atoms with E-state index in [1.165, 1.54) is 0 Å². The van der Waals surface area contributed by atoms with Gasteiger partial charge in [-0.1, -0.05) is 6.92 Å². The summed E-state index contributed by atoms with van der Waals surface area (Å²) in [6, 6.07) is 3.38. The highest BCUT2D eigenvalue weighted by molar-refractivity contribution is 5.89. The monoisotopic (exact) mass is 366 g/mol. The van der Waals surface area contributed by atoms with Gasteiger partial charge in [-0.2, -0.15) is 0 Å². The lowest BCUT2D eigenvalue weighted by Gasteiger charge is -2.33. The molecule has 0 spiro atoms. The topological polar surface area (TPSA) is 96.0 Å². The number of pyridine rings is 1. The summed E-state index contributed by atoms with van der Waals surface area (Å²) in [4.78, 5) is 18.5. The first-order valence-corrected chi connectivity index (χ1v) is 9.16. The molecule has 8 heteroatoms. The third-order valence-electron chi connectivity index (χ3n) is 4.39. The Kier molecular flexibility index (Phi) is 8.60. The lowest BCUT2D eigenvalue weighted by molar-refractivity contribution is 0.0925. The van der Waals surface area contributed by atoms with E-state index in [9.17, 15) is 9.90 Å². The number of urea groups is 1. The maximum Gasteiger partial charge on any atom is 0.319 e. The second-order valence-electron chi connectivity index (χ2n) is 6.46. The summed E-state index contributed by atoms with van der Waals surface area (Å²) in [5.74, 6) is 0.495. The standard InChI is InChI=1S/C18H30N4O4/c1-3-16(23)13-22-8-6-14(7-9-22)20-18(24)21-15-4-5-17(19-12-15)26-11-10-25-2/h4-5,12,14,16,23H,3,6-11,13H2,1-2H3,(H2,20,21,24). The highest BCUT2D eigenvalue weighted by Crippen LogP contribution is 2.13. The maximum atomic E-state index is 12.1. The minimum Gasteiger partial charge on any atom is -0.475 e. The normalized spacial score (nSPS) is 16.9. The highest BCUT2D eigenvalue weighted by Gasteiger charge is 2.21. The Bertz CT molecular complexity index is 532. The SMILES string of the molecule is CCC(O)CN1CCC(NC(=O)Nc2ccc(OCCOC)nc2)CC1. The lowest BCUT2D eigenvalue weighted by atomic mass is 10.0. The van der Waals surface area contributed by atoms with Crippen molar-refractivity contribution in [2.75, 3.05) is 45.3 Å². The van der Waals surface area contributed by atoms with Crippen molar-refractivity contribution in [3.8, 4) is 5.88 Å². The van der Waals surface area contributed by atoms with Gasteiger partial charge in [0.05, 0.1) is 24.6 Å². The van der Waals surface area contributed by atoms with Gasteiger partial charge in [-0.3, -0.25) is 0 Å². The number of aliphatic hydroxyl groups excluding tert-OH is 1. The number of aliphatic hydroxyl groups is 1. The minimum absolute atomic E-state index is 0.148. The number of aromatic nitrogens is 1. The lowest BCUT2D eigenvalue weighted by Crippen LogP contribution is -2.47. The molecule has 2 amide bonds. The van der Waals surface area contributed by atoms with Crippen LogP contribution in [0, 0.1) is 0 Å². The first-order chi connectivity index (χ1) is 12.6. The Labute approximate surface area is 154 Å². The van der Waals surface area contributed by atoms with Crippen molar-refractivity contribution in [1.82, 2.24) is 15.2 Å². The van der Waals surface area contributed by atoms with Crippen molar-refractivity contribution in [3.05, 3.63) is 18.3 Å². The van der Waals surface area contributed by atoms with Gasteiger partial charge in [-0.25, -0.2) is 9.78 Å². The van der Waals surface area contributed by atoms with Gasteiger partial charge in [-0.05, 0) is 25.3 Å². The van der Waals surface area contributed by atoms with E-state index in [2.05, 4.69) is 20.5 Å². The minimum atomic E-state index is -0.267. The van der Waals surface area contributed by atoms with Crippen molar-refractivity contribution < 1.29 is 19.4 Å². The molecule has 2 heterocycles. The van der Waals surface area contributed by atoms with Crippen LogP contribution in [0.5, 0.6) is 5.88 Å². The largest absolute Gasteiger partial charge is 0.475 e. The number of carbonyl (C=O) groups excluding carboxylic acids is 1. The molecule has 0 aliphatic carbocycles. The number of hydrogen-bond acceptors (Lipinski definition) is 6. The van der Waals surface area contributed by atoms with Gasteiger partial charge in [0, 0.05) is 38.9 Å². The van der Waals surface area contributed by atoms with Gasteiger partial charge < -0.3 is 30.1 Å². The summed E-state index contributed by atoms with van der Waals surface area (Å²) < 4.78 is 10.3. The Balaban J connectivity index is 1.69. The number of amides is 2. The fourth-order valence-corrected chi connectivity index (χ4v) is 2.81. The number of ether oxygens (including phenoxy) is 2. The zero-order chi connectivity index (χ0) is 18.8. The number of likely N-dealkylation sites (tertiary alicyclic amines) is 1. The predicted molar refractivity (Wildman–Crippen MR) is 99.5 cm³/mol. The highest BCUT2D eigenvalue weighted by atomic mass is 16.5. The Morgan fingerprint density at radius 2 is 2.15 bits per heavy atom. The van der Waals surface area contributed by atoms with Crippen LogP contribution in [0.4, 0.5) is 10.5 Å². The number of hydrogen-bond donors (Lipinski definition) is 3. The molecule has 0 aromatic carbocycles. The molecule has 1 atom stereocenters. The quantitative estimate of drug-likeness (QED) is 0.573. The van der Waals surface area contributed by atoms with Crippen molar-refractivity contribution in [2.24, 2.45) is 0 Å². The molecule has 0 bridgehead atoms. The van der Waals surface area contributed by atoms with Gasteiger partial charge in [0.1, 0.15) is 6.61 Å². The summed E-state index contributed by atoms with van der Waals surface area (Å²) in [7, 11) is 1.61. The summed E-state index contributed by atoms with van der Waals surface area (Å²) >= 11 is 0. The van der Waals surface area contributed by atoms with Crippen LogP contribution in [0.3, 0.4) is 0 Å². The average Bonchev–Trinajstić information content (AvgIpc) is 2.65. The van der Waals surface area contributed by atoms with Gasteiger partial charge in [-0.15, -0.1) is 0 Å². The molecule has 2 rings (SSSR count). The van der Waals surface area contributed by atoms with Crippen molar-refractivity contribution in [2.45, 2.75) is 38.3 Å². The summed E-state index contributed by atoms with van der Waals surface area (Å²) in [5, 5.41) is 15.5. The zero-order valence-corrected chi connectivity index (χ0v) is 15.6. The van der Waals surface area contributed by atoms with E-state index in [4.69, 9.17) is 9.47 Å². The summed E-state index contributed by atoms with van der Waals surface area (Å²) in [6.45, 7) is 5.40. The number of nitrogens with one attached hydrogen (secondary N) is 2. The molecule has 0 saturated carbocycles. The van der Waals surface area contributed by atoms with Gasteiger partial charge in [0.25, 0.3) is 0 Å². The van der Waals surface area contributed by atoms with Crippen LogP contribution < -0.4 is 15.4 Å². The van der Waals surface area contributed by atoms with Crippen LogP contribution in [-0.2, 0) is 4.74 Å². The van der Waals surface area contributed by atoms with E-state index < -0.39 is 0 Å². The Morgan fingerprint density at radius 1 is 1.38 bits per heavy atom. The average molecular weight is 366 g/mol. The van der Waals surface area contributed by atoms with Crippen LogP contribution in [0.1, 0.15) is 26.2 Å². The molecule has 1 aliphatic rings. The van der Waals surface area contributed by atoms with E-state index in [-0.39, 0.29) is 18.2 Å². The summed E-state index contributed by atoms with van der Waals surface area (Å²) in [5.41, 5.74) is 0.616. The van der Waals surface area contributed by atoms with E-state index in [1.54, 1.807) is 25.4 Å². The molecule has 26 heavy (non-hydrogen) atoms. The number of β-amino-alcohol motifs (C(OH)–C–C–N with tert-alkyl or cyclic N) is 1. The van der Waals surface area contributed by atoms with E-state index in [0.717, 1.165) is 32.4 Å². The van der Waals surface area contributed by atoms with Crippen molar-refractivity contribution in [1.29, 1.82) is 0 Å². The van der Waals surface area contributed by atoms with Crippen molar-refractivity contribution >= 4 is 11.7 Å². The molecular weight excluding hydrogens is 336 g/mol. The van der Waals surface area contributed by atoms with Gasteiger partial charge >= 0.3 is 6.03 Å². The van der Waals surface area contributed by atoms with E-state index >= 15 is 0 Å². The Hall–Kier alpha value is -1.90. The molecule has 3 N–H and O–H groups in total. The second-order valence-corrected chi connectivity index (χ2v) is 6.46. The number of piperidine rings is 1. The third kappa shape index (κ3) is 7.15. The number of nitrogens with zero attached hydrogens (tertiary/aromatic N) is 2. The van der Waals surface area contributed by atoms with Gasteiger partial charge in [0.2, 0.25) is 5.88 Å². The van der Waals surface area contributed by atoms with Crippen LogP contribution in [0.2, 0.25) is 0 Å². The van der Waals surface area contributed by atoms with Crippen molar-refractivity contribution in [3.63, 3.8) is 0 Å². The van der Waals surface area contributed by atoms with Crippen LogP contribution in [-0.4, -0.2) is 73.1 Å². The molecule has 0 radical (unpaired) electrons.